The lowest BCUT2D eigenvalue weighted by molar-refractivity contribution is -0.192. The number of hydrogen-bond acceptors (Lipinski definition) is 6. The number of carboxylic acids is 1. The van der Waals surface area contributed by atoms with Crippen molar-refractivity contribution < 1.29 is 41.8 Å². The third-order valence-electron chi connectivity index (χ3n) is 4.98. The van der Waals surface area contributed by atoms with Crippen molar-refractivity contribution in [3.05, 3.63) is 54.2 Å². The van der Waals surface area contributed by atoms with E-state index in [1.165, 1.54) is 6.26 Å². The van der Waals surface area contributed by atoms with Gasteiger partial charge in [-0.1, -0.05) is 0 Å². The molecule has 0 aromatic carbocycles. The topological polar surface area (TPSA) is 102 Å². The molecule has 0 radical (unpaired) electrons. The van der Waals surface area contributed by atoms with Gasteiger partial charge in [0.05, 0.1) is 31.6 Å². The molecule has 1 aliphatic carbocycles. The molecular formula is C20H21F3N2O6. The number of nitrogens with zero attached hydrogens (tertiary/aromatic N) is 2. The van der Waals surface area contributed by atoms with Gasteiger partial charge in [-0.15, -0.1) is 0 Å². The Morgan fingerprint density at radius 2 is 1.94 bits per heavy atom. The number of halogens is 3. The predicted molar refractivity (Wildman–Crippen MR) is 99.0 cm³/mol. The van der Waals surface area contributed by atoms with E-state index in [0.717, 1.165) is 18.4 Å². The maximum absolute atomic E-state index is 12.6. The zero-order chi connectivity index (χ0) is 22.4. The van der Waals surface area contributed by atoms with Crippen LogP contribution in [0.15, 0.2) is 47.3 Å². The molecule has 0 unspecified atom stereocenters. The van der Waals surface area contributed by atoms with Crippen LogP contribution in [0.5, 0.6) is 0 Å². The van der Waals surface area contributed by atoms with Gasteiger partial charge in [0.2, 0.25) is 0 Å². The van der Waals surface area contributed by atoms with Crippen molar-refractivity contribution >= 4 is 11.9 Å². The molecule has 0 bridgehead atoms. The van der Waals surface area contributed by atoms with Crippen molar-refractivity contribution in [3.63, 3.8) is 0 Å². The van der Waals surface area contributed by atoms with E-state index >= 15 is 0 Å². The van der Waals surface area contributed by atoms with Crippen molar-refractivity contribution in [3.8, 4) is 0 Å². The van der Waals surface area contributed by atoms with Crippen molar-refractivity contribution in [1.82, 2.24) is 9.88 Å². The second-order valence-electron chi connectivity index (χ2n) is 6.96. The van der Waals surface area contributed by atoms with Crippen LogP contribution >= 0.6 is 0 Å². The Labute approximate surface area is 175 Å². The molecule has 4 rings (SSSR count). The third kappa shape index (κ3) is 5.82. The molecule has 1 N–H and O–H groups in total. The molecule has 2 fully saturated rings. The van der Waals surface area contributed by atoms with Gasteiger partial charge >= 0.3 is 12.1 Å². The van der Waals surface area contributed by atoms with Gasteiger partial charge in [-0.05, 0) is 42.7 Å². The minimum atomic E-state index is -5.08. The maximum Gasteiger partial charge on any atom is 0.490 e. The minimum Gasteiger partial charge on any atom is -0.475 e. The van der Waals surface area contributed by atoms with E-state index in [4.69, 9.17) is 23.8 Å². The van der Waals surface area contributed by atoms with Crippen LogP contribution in [0.4, 0.5) is 13.2 Å². The Morgan fingerprint density at radius 3 is 2.55 bits per heavy atom. The van der Waals surface area contributed by atoms with Crippen LogP contribution in [0.25, 0.3) is 0 Å². The molecule has 11 heteroatoms. The molecule has 8 nitrogen and oxygen atoms in total. The largest absolute Gasteiger partial charge is 0.490 e. The Kier molecular flexibility index (Phi) is 7.29. The number of furan rings is 1. The van der Waals surface area contributed by atoms with Crippen molar-refractivity contribution in [2.45, 2.75) is 43.9 Å². The number of amides is 1. The quantitative estimate of drug-likeness (QED) is 0.777. The van der Waals surface area contributed by atoms with Crippen LogP contribution in [0.3, 0.4) is 0 Å². The van der Waals surface area contributed by atoms with Gasteiger partial charge in [-0.3, -0.25) is 9.78 Å². The van der Waals surface area contributed by atoms with Gasteiger partial charge in [-0.25, -0.2) is 4.79 Å². The zero-order valence-corrected chi connectivity index (χ0v) is 16.3. The summed E-state index contributed by atoms with van der Waals surface area (Å²) in [7, 11) is 0. The summed E-state index contributed by atoms with van der Waals surface area (Å²) in [5.41, 5.74) is 1.09. The first kappa shape index (κ1) is 22.8. The van der Waals surface area contributed by atoms with E-state index in [0.29, 0.717) is 25.5 Å². The summed E-state index contributed by atoms with van der Waals surface area (Å²) in [6.07, 6.45) is 1.68. The van der Waals surface area contributed by atoms with E-state index in [2.05, 4.69) is 4.98 Å². The lowest BCUT2D eigenvalue weighted by atomic mass is 10.1. The highest BCUT2D eigenvalue weighted by molar-refractivity contribution is 5.91. The number of fused-ring (bicyclic) bond motifs is 1. The molecule has 1 saturated heterocycles. The molecule has 2 aliphatic rings. The van der Waals surface area contributed by atoms with Gasteiger partial charge in [0.15, 0.2) is 5.76 Å². The van der Waals surface area contributed by atoms with Gasteiger partial charge in [0.1, 0.15) is 6.10 Å². The van der Waals surface area contributed by atoms with Crippen molar-refractivity contribution in [2.75, 3.05) is 13.2 Å². The van der Waals surface area contributed by atoms with Crippen molar-refractivity contribution in [1.29, 1.82) is 0 Å². The van der Waals surface area contributed by atoms with E-state index < -0.39 is 12.1 Å². The monoisotopic (exact) mass is 442 g/mol. The van der Waals surface area contributed by atoms with Crippen LogP contribution in [0.2, 0.25) is 0 Å². The smallest absolute Gasteiger partial charge is 0.475 e. The van der Waals surface area contributed by atoms with E-state index in [1.807, 2.05) is 17.0 Å². The summed E-state index contributed by atoms with van der Waals surface area (Å²) in [4.78, 5) is 27.4. The normalized spacial score (nSPS) is 22.9. The molecule has 2 aromatic rings. The molecule has 2 aromatic heterocycles. The number of morpholine rings is 1. The number of rotatable bonds is 4. The highest BCUT2D eigenvalue weighted by Gasteiger charge is 2.45. The number of aromatic nitrogens is 1. The van der Waals surface area contributed by atoms with Gasteiger partial charge in [-0.2, -0.15) is 13.2 Å². The fraction of sp³-hybridized carbons (Fsp3) is 0.450. The fourth-order valence-electron chi connectivity index (χ4n) is 3.57. The first-order chi connectivity index (χ1) is 14.8. The standard InChI is InChI=1S/C18H20N2O4.C2HF3O2/c21-18(16-2-1-10-22-16)20-9-11-23-17-14(20)3-4-15(17)24-12-13-5-7-19-8-6-13;3-2(4,5)1(6)7/h1-2,5-8,10,14-15,17H,3-4,9,11-12H2;(H,6,7)/t14-,15+,17+;/m0./s1. The predicted octanol–water partition coefficient (Wildman–Crippen LogP) is 2.90. The summed E-state index contributed by atoms with van der Waals surface area (Å²) in [5.74, 6) is -2.43. The van der Waals surface area contributed by atoms with E-state index in [1.54, 1.807) is 24.5 Å². The first-order valence-corrected chi connectivity index (χ1v) is 9.54. The van der Waals surface area contributed by atoms with E-state index in [9.17, 15) is 18.0 Å². The highest BCUT2D eigenvalue weighted by Crippen LogP contribution is 2.33. The molecule has 3 atom stereocenters. The van der Waals surface area contributed by atoms with E-state index in [-0.39, 0.29) is 24.2 Å². The summed E-state index contributed by atoms with van der Waals surface area (Å²) >= 11 is 0. The average Bonchev–Trinajstić information content (AvgIpc) is 3.42. The Hall–Kier alpha value is -2.92. The molecule has 3 heterocycles. The second-order valence-corrected chi connectivity index (χ2v) is 6.96. The van der Waals surface area contributed by atoms with Gasteiger partial charge in [0, 0.05) is 18.9 Å². The lowest BCUT2D eigenvalue weighted by Gasteiger charge is -2.38. The number of ether oxygens (including phenoxy) is 2. The number of carboxylic acid groups (broad SMARTS) is 1. The molecular weight excluding hydrogens is 421 g/mol. The Morgan fingerprint density at radius 1 is 1.23 bits per heavy atom. The number of aliphatic carboxylic acids is 1. The summed E-state index contributed by atoms with van der Waals surface area (Å²) in [6, 6.07) is 7.39. The SMILES string of the molecule is O=C(O)C(F)(F)F.O=C(c1ccco1)N1CCO[C@H]2[C@H](OCc3ccncc3)CC[C@@H]21. The molecule has 168 valence electrons. The van der Waals surface area contributed by atoms with Crippen LogP contribution < -0.4 is 0 Å². The molecule has 1 aliphatic heterocycles. The van der Waals surface area contributed by atoms with Crippen LogP contribution in [0.1, 0.15) is 29.0 Å². The molecule has 1 amide bonds. The fourth-order valence-corrected chi connectivity index (χ4v) is 3.57. The highest BCUT2D eigenvalue weighted by atomic mass is 19.4. The molecule has 1 saturated carbocycles. The average molecular weight is 442 g/mol. The third-order valence-corrected chi connectivity index (χ3v) is 4.98. The maximum atomic E-state index is 12.6. The number of carbonyl (C=O) groups is 2. The van der Waals surface area contributed by atoms with Crippen LogP contribution in [0, 0.1) is 0 Å². The molecule has 31 heavy (non-hydrogen) atoms. The van der Waals surface area contributed by atoms with Crippen LogP contribution in [-0.2, 0) is 20.9 Å². The minimum absolute atomic E-state index is 0.00960. The number of carbonyl (C=O) groups excluding carboxylic acids is 1. The summed E-state index contributed by atoms with van der Waals surface area (Å²) < 4.78 is 49.0. The Balaban J connectivity index is 0.000000339. The Bertz CT molecular complexity index is 860. The lowest BCUT2D eigenvalue weighted by Crippen LogP contribution is -2.53. The zero-order valence-electron chi connectivity index (χ0n) is 16.3. The van der Waals surface area contributed by atoms with Crippen molar-refractivity contribution in [2.24, 2.45) is 0 Å². The van der Waals surface area contributed by atoms with Gasteiger partial charge < -0.3 is 23.9 Å². The van der Waals surface area contributed by atoms with Crippen LogP contribution in [-0.4, -0.2) is 64.4 Å². The first-order valence-electron chi connectivity index (χ1n) is 9.54. The molecule has 0 spiro atoms. The number of hydrogen-bond donors (Lipinski definition) is 1. The summed E-state index contributed by atoms with van der Waals surface area (Å²) in [5, 5.41) is 7.12. The van der Waals surface area contributed by atoms with Gasteiger partial charge in [0.25, 0.3) is 5.91 Å². The number of alkyl halides is 3. The second kappa shape index (κ2) is 9.92. The summed E-state index contributed by atoms with van der Waals surface area (Å²) in [6.45, 7) is 1.66. The number of pyridine rings is 1.